The third-order valence-corrected chi connectivity index (χ3v) is 3.40. The van der Waals surface area contributed by atoms with Crippen LogP contribution < -0.4 is 5.43 Å². The van der Waals surface area contributed by atoms with E-state index in [2.05, 4.69) is 10.5 Å². The average molecular weight is 258 g/mol. The topological polar surface area (TPSA) is 41.5 Å². The first-order valence-electron chi connectivity index (χ1n) is 5.69. The molecule has 0 saturated carbocycles. The smallest absolute Gasteiger partial charge is 0.266 e. The Kier molecular flexibility index (Phi) is 4.25. The predicted octanol–water partition coefficient (Wildman–Crippen LogP) is 3.27. The minimum atomic E-state index is -0.165. The third-order valence-electron chi connectivity index (χ3n) is 2.53. The molecular formula is C14H14N2OS. The van der Waals surface area contributed by atoms with Gasteiger partial charge in [-0.3, -0.25) is 4.79 Å². The number of rotatable bonds is 4. The third kappa shape index (κ3) is 3.28. The van der Waals surface area contributed by atoms with E-state index >= 15 is 0 Å². The van der Waals surface area contributed by atoms with Crippen molar-refractivity contribution in [2.75, 3.05) is 0 Å². The van der Waals surface area contributed by atoms with Gasteiger partial charge in [-0.25, -0.2) is 5.43 Å². The fourth-order valence-corrected chi connectivity index (χ4v) is 2.13. The first-order chi connectivity index (χ1) is 8.77. The van der Waals surface area contributed by atoms with Gasteiger partial charge in [0.2, 0.25) is 0 Å². The van der Waals surface area contributed by atoms with E-state index in [0.29, 0.717) is 4.88 Å². The maximum Gasteiger partial charge on any atom is 0.281 e. The van der Waals surface area contributed by atoms with Crippen LogP contribution in [0.5, 0.6) is 0 Å². The number of hydrogen-bond acceptors (Lipinski definition) is 3. The van der Waals surface area contributed by atoms with Crippen LogP contribution in [-0.4, -0.2) is 12.1 Å². The maximum atomic E-state index is 11.6. The Morgan fingerprint density at radius 2 is 2.06 bits per heavy atom. The molecular weight excluding hydrogens is 244 g/mol. The van der Waals surface area contributed by atoms with Gasteiger partial charge in [0.1, 0.15) is 0 Å². The van der Waals surface area contributed by atoms with Crippen LogP contribution in [-0.2, 0) is 0 Å². The van der Waals surface area contributed by atoms with Gasteiger partial charge in [0.15, 0.2) is 0 Å². The van der Waals surface area contributed by atoms with Gasteiger partial charge in [0, 0.05) is 12.1 Å². The molecule has 0 saturated heterocycles. The Morgan fingerprint density at radius 3 is 2.72 bits per heavy atom. The Balaban J connectivity index is 1.90. The molecule has 1 amide bonds. The van der Waals surface area contributed by atoms with Crippen molar-refractivity contribution in [2.24, 2.45) is 5.10 Å². The van der Waals surface area contributed by atoms with Crippen molar-refractivity contribution in [1.82, 2.24) is 5.43 Å². The summed E-state index contributed by atoms with van der Waals surface area (Å²) in [6.07, 6.45) is 1.74. The van der Waals surface area contributed by atoms with Crippen LogP contribution in [0.25, 0.3) is 0 Å². The molecule has 0 fully saturated rings. The number of nitrogens with one attached hydrogen (secondary N) is 1. The van der Waals surface area contributed by atoms with Crippen molar-refractivity contribution < 1.29 is 4.79 Å². The number of nitrogens with zero attached hydrogens (tertiary/aromatic N) is 1. The minimum Gasteiger partial charge on any atom is -0.266 e. The molecule has 0 aliphatic rings. The number of carbonyl (C=O) groups is 1. The second kappa shape index (κ2) is 6.12. The average Bonchev–Trinajstić information content (AvgIpc) is 2.93. The Hall–Kier alpha value is -1.94. The summed E-state index contributed by atoms with van der Waals surface area (Å²) >= 11 is 1.40. The molecule has 1 aromatic heterocycles. The van der Waals surface area contributed by atoms with E-state index in [1.807, 2.05) is 48.7 Å². The van der Waals surface area contributed by atoms with Crippen LogP contribution >= 0.6 is 11.3 Å². The van der Waals surface area contributed by atoms with Crippen LogP contribution in [0.2, 0.25) is 0 Å². The summed E-state index contributed by atoms with van der Waals surface area (Å²) in [5.74, 6) is 0.0105. The van der Waals surface area contributed by atoms with Gasteiger partial charge in [-0.15, -0.1) is 11.3 Å². The van der Waals surface area contributed by atoms with Crippen molar-refractivity contribution in [2.45, 2.75) is 12.8 Å². The minimum absolute atomic E-state index is 0.165. The van der Waals surface area contributed by atoms with Crippen molar-refractivity contribution in [3.05, 3.63) is 58.3 Å². The molecule has 4 heteroatoms. The van der Waals surface area contributed by atoms with Gasteiger partial charge in [-0.1, -0.05) is 43.3 Å². The van der Waals surface area contributed by atoms with Crippen molar-refractivity contribution in [1.29, 1.82) is 0 Å². The van der Waals surface area contributed by atoms with Crippen LogP contribution in [0, 0.1) is 0 Å². The zero-order chi connectivity index (χ0) is 12.8. The molecule has 1 atom stereocenters. The van der Waals surface area contributed by atoms with E-state index < -0.39 is 0 Å². The standard InChI is InChI=1S/C14H14N2OS/c1-11(12-6-3-2-4-7-12)10-15-16-14(17)13-8-5-9-18-13/h2-11H,1H3,(H,16,17). The lowest BCUT2D eigenvalue weighted by Crippen LogP contribution is -2.16. The van der Waals surface area contributed by atoms with E-state index in [1.165, 1.54) is 16.9 Å². The van der Waals surface area contributed by atoms with Gasteiger partial charge in [-0.2, -0.15) is 5.10 Å². The van der Waals surface area contributed by atoms with E-state index in [-0.39, 0.29) is 11.8 Å². The molecule has 0 bridgehead atoms. The molecule has 0 spiro atoms. The fourth-order valence-electron chi connectivity index (χ4n) is 1.51. The Labute approximate surface area is 110 Å². The summed E-state index contributed by atoms with van der Waals surface area (Å²) in [6.45, 7) is 2.04. The normalized spacial score (nSPS) is 12.5. The number of hydrazone groups is 1. The highest BCUT2D eigenvalue weighted by atomic mass is 32.1. The molecule has 1 heterocycles. The van der Waals surface area contributed by atoms with E-state index in [9.17, 15) is 4.79 Å². The SMILES string of the molecule is CC(C=NNC(=O)c1cccs1)c1ccccc1. The first-order valence-corrected chi connectivity index (χ1v) is 6.57. The number of carbonyl (C=O) groups excluding carboxylic acids is 1. The highest BCUT2D eigenvalue weighted by Crippen LogP contribution is 2.11. The lowest BCUT2D eigenvalue weighted by molar-refractivity contribution is 0.0959. The van der Waals surface area contributed by atoms with Crippen LogP contribution in [0.3, 0.4) is 0 Å². The summed E-state index contributed by atoms with van der Waals surface area (Å²) in [7, 11) is 0. The van der Waals surface area contributed by atoms with Gasteiger partial charge in [0.25, 0.3) is 5.91 Å². The molecule has 1 N–H and O–H groups in total. The molecule has 0 aliphatic heterocycles. The highest BCUT2D eigenvalue weighted by Gasteiger charge is 2.05. The van der Waals surface area contributed by atoms with Crippen molar-refractivity contribution in [3.63, 3.8) is 0 Å². The molecule has 92 valence electrons. The van der Waals surface area contributed by atoms with Gasteiger partial charge in [-0.05, 0) is 17.0 Å². The zero-order valence-electron chi connectivity index (χ0n) is 10.0. The number of hydrogen-bond donors (Lipinski definition) is 1. The van der Waals surface area contributed by atoms with E-state index in [0.717, 1.165) is 0 Å². The largest absolute Gasteiger partial charge is 0.281 e. The maximum absolute atomic E-state index is 11.6. The number of amides is 1. The highest BCUT2D eigenvalue weighted by molar-refractivity contribution is 7.12. The monoisotopic (exact) mass is 258 g/mol. The summed E-state index contributed by atoms with van der Waals surface area (Å²) < 4.78 is 0. The summed E-state index contributed by atoms with van der Waals surface area (Å²) in [6, 6.07) is 13.7. The van der Waals surface area contributed by atoms with Gasteiger partial charge in [0.05, 0.1) is 4.88 Å². The van der Waals surface area contributed by atoms with Gasteiger partial charge >= 0.3 is 0 Å². The van der Waals surface area contributed by atoms with E-state index in [4.69, 9.17) is 0 Å². The fraction of sp³-hybridized carbons (Fsp3) is 0.143. The predicted molar refractivity (Wildman–Crippen MR) is 75.1 cm³/mol. The van der Waals surface area contributed by atoms with Crippen LogP contribution in [0.15, 0.2) is 52.9 Å². The zero-order valence-corrected chi connectivity index (χ0v) is 10.9. The first kappa shape index (κ1) is 12.5. The van der Waals surface area contributed by atoms with Gasteiger partial charge < -0.3 is 0 Å². The summed E-state index contributed by atoms with van der Waals surface area (Å²) in [4.78, 5) is 12.3. The second-order valence-corrected chi connectivity index (χ2v) is 4.84. The molecule has 18 heavy (non-hydrogen) atoms. The van der Waals surface area contributed by atoms with Crippen molar-refractivity contribution in [3.8, 4) is 0 Å². The molecule has 0 radical (unpaired) electrons. The summed E-state index contributed by atoms with van der Waals surface area (Å²) in [5.41, 5.74) is 3.70. The Morgan fingerprint density at radius 1 is 1.28 bits per heavy atom. The molecule has 0 aliphatic carbocycles. The molecule has 1 unspecified atom stereocenters. The lowest BCUT2D eigenvalue weighted by Gasteiger charge is -2.04. The Bertz CT molecular complexity index is 520. The van der Waals surface area contributed by atoms with E-state index in [1.54, 1.807) is 12.3 Å². The lowest BCUT2D eigenvalue weighted by atomic mass is 10.0. The molecule has 2 rings (SSSR count). The number of thiophene rings is 1. The number of benzene rings is 1. The quantitative estimate of drug-likeness (QED) is 0.663. The summed E-state index contributed by atoms with van der Waals surface area (Å²) in [5, 5.41) is 5.85. The molecule has 1 aromatic carbocycles. The molecule has 3 nitrogen and oxygen atoms in total. The van der Waals surface area contributed by atoms with Crippen LogP contribution in [0.1, 0.15) is 28.1 Å². The second-order valence-electron chi connectivity index (χ2n) is 3.90. The van der Waals surface area contributed by atoms with Crippen molar-refractivity contribution >= 4 is 23.5 Å². The molecule has 2 aromatic rings. The van der Waals surface area contributed by atoms with Crippen LogP contribution in [0.4, 0.5) is 0 Å².